The minimum absolute atomic E-state index is 0.126. The first kappa shape index (κ1) is 24.8. The molecule has 0 fully saturated rings. The van der Waals surface area contributed by atoms with Gasteiger partial charge in [-0.05, 0) is 20.3 Å². The van der Waals surface area contributed by atoms with Crippen LogP contribution in [0.4, 0.5) is 0 Å². The van der Waals surface area contributed by atoms with Crippen LogP contribution in [-0.2, 0) is 19.1 Å². The summed E-state index contributed by atoms with van der Waals surface area (Å²) < 4.78 is 10.1. The van der Waals surface area contributed by atoms with Crippen molar-refractivity contribution >= 4 is 11.9 Å². The molecular weight excluding hydrogens is 280 g/mol. The quantitative estimate of drug-likeness (QED) is 0.478. The molecule has 0 aromatic carbocycles. The topological polar surface area (TPSA) is 113 Å². The molecule has 0 saturated carbocycles. The van der Waals surface area contributed by atoms with Crippen LogP contribution in [0.5, 0.6) is 0 Å². The second-order valence-electron chi connectivity index (χ2n) is 4.40. The first-order chi connectivity index (χ1) is 9.67. The van der Waals surface area contributed by atoms with Gasteiger partial charge in [-0.15, -0.1) is 0 Å². The fourth-order valence-electron chi connectivity index (χ4n) is 0.813. The number of carboxylic acids is 1. The van der Waals surface area contributed by atoms with Gasteiger partial charge in [-0.25, -0.2) is 0 Å². The number of esters is 1. The molecule has 0 aromatic rings. The number of aliphatic hydroxyl groups is 2. The van der Waals surface area contributed by atoms with Gasteiger partial charge < -0.3 is 24.8 Å². The molecule has 0 aliphatic heterocycles. The van der Waals surface area contributed by atoms with Crippen molar-refractivity contribution in [2.75, 3.05) is 19.8 Å². The first-order valence-electron chi connectivity index (χ1n) is 6.90. The van der Waals surface area contributed by atoms with Crippen LogP contribution in [0.15, 0.2) is 0 Å². The van der Waals surface area contributed by atoms with Crippen LogP contribution in [0, 0.1) is 0 Å². The number of carbonyl (C=O) groups excluding carboxylic acids is 1. The molecule has 2 atom stereocenters. The molecule has 128 valence electrons. The highest BCUT2D eigenvalue weighted by molar-refractivity contribution is 5.66. The van der Waals surface area contributed by atoms with Gasteiger partial charge in [0, 0.05) is 20.5 Å². The molecule has 0 radical (unpaired) electrons. The van der Waals surface area contributed by atoms with Gasteiger partial charge in [0.2, 0.25) is 0 Å². The summed E-state index contributed by atoms with van der Waals surface area (Å²) in [6.45, 7) is 9.07. The average Bonchev–Trinajstić information content (AvgIpc) is 2.34. The van der Waals surface area contributed by atoms with E-state index in [2.05, 4.69) is 6.92 Å². The van der Waals surface area contributed by atoms with Gasteiger partial charge in [0.05, 0.1) is 19.3 Å². The minimum Gasteiger partial charge on any atom is -0.481 e. The number of carboxylic acid groups (broad SMARTS) is 1. The second-order valence-corrected chi connectivity index (χ2v) is 4.40. The molecule has 0 rings (SSSR count). The summed E-state index contributed by atoms with van der Waals surface area (Å²) in [4.78, 5) is 19.5. The first-order valence-corrected chi connectivity index (χ1v) is 6.90. The summed E-state index contributed by atoms with van der Waals surface area (Å²) in [7, 11) is 0. The molecular formula is C14H30O7. The van der Waals surface area contributed by atoms with Crippen molar-refractivity contribution in [2.24, 2.45) is 0 Å². The Morgan fingerprint density at radius 1 is 1.19 bits per heavy atom. The lowest BCUT2D eigenvalue weighted by atomic mass is 10.3. The number of ether oxygens (including phenoxy) is 2. The summed E-state index contributed by atoms with van der Waals surface area (Å²) in [5.74, 6) is -1.08. The summed E-state index contributed by atoms with van der Waals surface area (Å²) in [5.41, 5.74) is 0. The molecule has 2 unspecified atom stereocenters. The van der Waals surface area contributed by atoms with Gasteiger partial charge in [-0.2, -0.15) is 0 Å². The molecule has 0 amide bonds. The maximum absolute atomic E-state index is 10.5. The second kappa shape index (κ2) is 18.8. The molecule has 7 nitrogen and oxygen atoms in total. The van der Waals surface area contributed by atoms with Crippen molar-refractivity contribution < 1.29 is 34.4 Å². The number of unbranched alkanes of at least 4 members (excludes halogenated alkanes) is 1. The van der Waals surface area contributed by atoms with Crippen LogP contribution in [-0.4, -0.2) is 59.3 Å². The van der Waals surface area contributed by atoms with Crippen LogP contribution in [0.3, 0.4) is 0 Å². The van der Waals surface area contributed by atoms with Crippen molar-refractivity contribution in [3.8, 4) is 0 Å². The van der Waals surface area contributed by atoms with Gasteiger partial charge in [0.15, 0.2) is 0 Å². The van der Waals surface area contributed by atoms with E-state index < -0.39 is 12.1 Å². The van der Waals surface area contributed by atoms with Crippen LogP contribution < -0.4 is 0 Å². The molecule has 0 saturated heterocycles. The maximum Gasteiger partial charge on any atom is 0.302 e. The van der Waals surface area contributed by atoms with Crippen molar-refractivity contribution in [1.82, 2.24) is 0 Å². The smallest absolute Gasteiger partial charge is 0.302 e. The van der Waals surface area contributed by atoms with E-state index in [4.69, 9.17) is 29.6 Å². The van der Waals surface area contributed by atoms with Crippen molar-refractivity contribution in [3.63, 3.8) is 0 Å². The Morgan fingerprint density at radius 2 is 1.62 bits per heavy atom. The SMILES string of the molecule is CC(=O)O.CC(O)CO.CCCCOCC(C)OC(C)=O. The summed E-state index contributed by atoms with van der Waals surface area (Å²) >= 11 is 0. The van der Waals surface area contributed by atoms with Crippen LogP contribution in [0.25, 0.3) is 0 Å². The van der Waals surface area contributed by atoms with E-state index in [0.29, 0.717) is 6.61 Å². The minimum atomic E-state index is -0.833. The third kappa shape index (κ3) is 45.5. The Balaban J connectivity index is -0.000000297. The van der Waals surface area contributed by atoms with Crippen LogP contribution in [0.1, 0.15) is 47.5 Å². The summed E-state index contributed by atoms with van der Waals surface area (Å²) in [6, 6.07) is 0. The molecule has 0 aromatic heterocycles. The Kier molecular flexibility index (Phi) is 22.2. The van der Waals surface area contributed by atoms with E-state index in [1.54, 1.807) is 0 Å². The van der Waals surface area contributed by atoms with Crippen LogP contribution in [0.2, 0.25) is 0 Å². The van der Waals surface area contributed by atoms with Gasteiger partial charge in [0.1, 0.15) is 6.10 Å². The number of aliphatic carboxylic acids is 1. The lowest BCUT2D eigenvalue weighted by Gasteiger charge is -2.11. The number of rotatable bonds is 7. The summed E-state index contributed by atoms with van der Waals surface area (Å²) in [6.07, 6.45) is 1.50. The third-order valence-corrected chi connectivity index (χ3v) is 1.63. The number of hydrogen-bond donors (Lipinski definition) is 3. The number of hydrogen-bond acceptors (Lipinski definition) is 6. The van der Waals surface area contributed by atoms with Crippen molar-refractivity contribution in [1.29, 1.82) is 0 Å². The highest BCUT2D eigenvalue weighted by atomic mass is 16.6. The highest BCUT2D eigenvalue weighted by Gasteiger charge is 2.04. The Hall–Kier alpha value is -1.18. The van der Waals surface area contributed by atoms with Crippen molar-refractivity contribution in [3.05, 3.63) is 0 Å². The molecule has 21 heavy (non-hydrogen) atoms. The zero-order valence-electron chi connectivity index (χ0n) is 13.7. The fraction of sp³-hybridized carbons (Fsp3) is 0.857. The van der Waals surface area contributed by atoms with E-state index in [-0.39, 0.29) is 18.7 Å². The van der Waals surface area contributed by atoms with Crippen LogP contribution >= 0.6 is 0 Å². The molecule has 0 aliphatic carbocycles. The third-order valence-electron chi connectivity index (χ3n) is 1.63. The average molecular weight is 310 g/mol. The number of carbonyl (C=O) groups is 2. The molecule has 0 aliphatic rings. The van der Waals surface area contributed by atoms with Crippen molar-refractivity contribution in [2.45, 2.75) is 59.7 Å². The van der Waals surface area contributed by atoms with E-state index in [1.165, 1.54) is 13.8 Å². The maximum atomic E-state index is 10.5. The molecule has 0 bridgehead atoms. The van der Waals surface area contributed by atoms with Gasteiger partial charge in [0.25, 0.3) is 5.97 Å². The lowest BCUT2D eigenvalue weighted by Crippen LogP contribution is -2.18. The number of aliphatic hydroxyl groups excluding tert-OH is 2. The molecule has 0 spiro atoms. The predicted octanol–water partition coefficient (Wildman–Crippen LogP) is 1.21. The molecule has 0 heterocycles. The Labute approximate surface area is 126 Å². The standard InChI is InChI=1S/C9H18O3.C3H8O2.C2H4O2/c1-4-5-6-11-7-8(2)12-9(3)10;1-3(5)2-4;1-2(3)4/h8H,4-7H2,1-3H3;3-5H,2H2,1H3;1H3,(H,3,4). The predicted molar refractivity (Wildman–Crippen MR) is 79.0 cm³/mol. The highest BCUT2D eigenvalue weighted by Crippen LogP contribution is 1.94. The Morgan fingerprint density at radius 3 is 1.90 bits per heavy atom. The lowest BCUT2D eigenvalue weighted by molar-refractivity contribution is -0.148. The monoisotopic (exact) mass is 310 g/mol. The Bertz CT molecular complexity index is 237. The zero-order valence-corrected chi connectivity index (χ0v) is 13.7. The van der Waals surface area contributed by atoms with Gasteiger partial charge in [-0.3, -0.25) is 9.59 Å². The van der Waals surface area contributed by atoms with Gasteiger partial charge in [-0.1, -0.05) is 13.3 Å². The van der Waals surface area contributed by atoms with Gasteiger partial charge >= 0.3 is 5.97 Å². The molecule has 7 heteroatoms. The largest absolute Gasteiger partial charge is 0.481 e. The van der Waals surface area contributed by atoms with E-state index >= 15 is 0 Å². The normalized spacial score (nSPS) is 12.0. The fourth-order valence-corrected chi connectivity index (χ4v) is 0.813. The van der Waals surface area contributed by atoms with E-state index in [0.717, 1.165) is 26.4 Å². The summed E-state index contributed by atoms with van der Waals surface area (Å²) in [5, 5.41) is 23.4. The molecule has 3 N–H and O–H groups in total. The van der Waals surface area contributed by atoms with E-state index in [9.17, 15) is 4.79 Å². The van der Waals surface area contributed by atoms with E-state index in [1.807, 2.05) is 6.92 Å². The zero-order chi connectivity index (χ0) is 17.3.